The van der Waals surface area contributed by atoms with E-state index in [2.05, 4.69) is 83.1 Å². The average molecular weight is 500 g/mol. The Morgan fingerprint density at radius 1 is 0.958 bits per heavy atom. The summed E-state index contributed by atoms with van der Waals surface area (Å²) in [5.74, 6) is 1.62. The first-order chi connectivity index (χ1) is 9.91. The van der Waals surface area contributed by atoms with Crippen molar-refractivity contribution in [2.75, 3.05) is 0 Å². The van der Waals surface area contributed by atoms with Crippen molar-refractivity contribution in [3.63, 3.8) is 0 Å². The Bertz CT molecular complexity index is 368. The standard InChI is InChI=1S/C9H11.C6H18NSi2.C2H6Si.2ClH.Zr/c1-2-5-9-7-3-6-8(9)4-1;1-8(2,3)7-9(4,5)6;1-3-2;;;/h1-2,4-6,8-9H,3,7H2;1-6H3;1-2H3;2*1H;/q2*-1;;;;+2/p-2. The van der Waals surface area contributed by atoms with E-state index in [0.29, 0.717) is 0 Å². The van der Waals surface area contributed by atoms with E-state index in [1.165, 1.54) is 12.8 Å². The monoisotopic (exact) mass is 497 g/mol. The second kappa shape index (κ2) is 14.6. The molecule has 0 heterocycles. The quantitative estimate of drug-likeness (QED) is 0.380. The van der Waals surface area contributed by atoms with Crippen LogP contribution in [0, 0.1) is 18.3 Å². The first-order valence-electron chi connectivity index (χ1n) is 8.35. The zero-order valence-electron chi connectivity index (χ0n) is 16.7. The van der Waals surface area contributed by atoms with Crippen LogP contribution in [-0.2, 0) is 23.3 Å². The predicted molar refractivity (Wildman–Crippen MR) is 106 cm³/mol. The molecule has 2 aliphatic rings. The van der Waals surface area contributed by atoms with Gasteiger partial charge in [0.25, 0.3) is 0 Å². The van der Waals surface area contributed by atoms with Gasteiger partial charge >= 0.3 is 41.9 Å². The Morgan fingerprint density at radius 3 is 1.71 bits per heavy atom. The predicted octanol–water partition coefficient (Wildman–Crippen LogP) is 0.165. The Morgan fingerprint density at radius 2 is 1.38 bits per heavy atom. The first-order valence-corrected chi connectivity index (χ1v) is 21.4. The minimum atomic E-state index is -1.11. The van der Waals surface area contributed by atoms with Crippen molar-refractivity contribution in [1.82, 2.24) is 0 Å². The Hall–Kier alpha value is 1.55. The van der Waals surface area contributed by atoms with E-state index >= 15 is 0 Å². The molecule has 0 saturated heterocycles. The number of nitrogens with zero attached hydrogens (tertiary/aromatic N) is 1. The van der Waals surface area contributed by atoms with Crippen LogP contribution in [0.4, 0.5) is 0 Å². The fourth-order valence-electron chi connectivity index (χ4n) is 2.70. The largest absolute Gasteiger partial charge is 1.00 e. The number of hydrogen-bond donors (Lipinski definition) is 0. The van der Waals surface area contributed by atoms with Gasteiger partial charge < -0.3 is 35.9 Å². The van der Waals surface area contributed by atoms with Gasteiger partial charge in [-0.05, 0) is 5.92 Å². The minimum absolute atomic E-state index is 0. The molecule has 140 valence electrons. The summed E-state index contributed by atoms with van der Waals surface area (Å²) in [6.07, 6.45) is 14.1. The van der Waals surface area contributed by atoms with Gasteiger partial charge in [-0.15, -0.1) is 12.0 Å². The zero-order valence-corrected chi connectivity index (χ0v) is 23.6. The molecule has 1 nitrogen and oxygen atoms in total. The van der Waals surface area contributed by atoms with Crippen LogP contribution in [-0.4, -0.2) is 21.9 Å². The van der Waals surface area contributed by atoms with E-state index in [1.807, 2.05) is 0 Å². The Kier molecular flexibility index (Phi) is 18.4. The van der Waals surface area contributed by atoms with Gasteiger partial charge in [-0.1, -0.05) is 80.4 Å². The molecule has 0 bridgehead atoms. The van der Waals surface area contributed by atoms with Crippen molar-refractivity contribution < 1.29 is 48.1 Å². The molecule has 0 aromatic carbocycles. The topological polar surface area (TPSA) is 14.1 Å². The van der Waals surface area contributed by atoms with Gasteiger partial charge in [0.1, 0.15) is 0 Å². The second-order valence-electron chi connectivity index (χ2n) is 8.28. The molecule has 24 heavy (non-hydrogen) atoms. The van der Waals surface area contributed by atoms with Crippen molar-refractivity contribution in [1.29, 1.82) is 0 Å². The molecule has 2 unspecified atom stereocenters. The molecular weight excluding hydrogens is 465 g/mol. The zero-order chi connectivity index (χ0) is 17.4. The maximum Gasteiger partial charge on any atom is -1.00 e. The Balaban J connectivity index is -0.000000283. The van der Waals surface area contributed by atoms with Gasteiger partial charge in [0, 0.05) is 0 Å². The molecule has 2 atom stereocenters. The van der Waals surface area contributed by atoms with Gasteiger partial charge in [-0.3, -0.25) is 0 Å². The van der Waals surface area contributed by atoms with Crippen molar-refractivity contribution in [2.24, 2.45) is 11.8 Å². The SMILES string of the molecule is C1=CC2[CH-]CCC2C=C1.C[Si](C)(C)[N-][Si](C)(C)C.C[Si](C)=[Zr+2].[Cl-].[Cl-]. The van der Waals surface area contributed by atoms with Crippen LogP contribution in [0.5, 0.6) is 0 Å². The molecule has 0 aliphatic heterocycles. The van der Waals surface area contributed by atoms with Gasteiger partial charge in [-0.25, -0.2) is 0 Å². The molecule has 2 rings (SSSR count). The Labute approximate surface area is 181 Å². The molecule has 7 heteroatoms. The maximum absolute atomic E-state index is 4.82. The number of fused-ring (bicyclic) bond motifs is 1. The third-order valence-electron chi connectivity index (χ3n) is 2.91. The molecule has 0 amide bonds. The fourth-order valence-corrected chi connectivity index (χ4v) is 10.7. The van der Waals surface area contributed by atoms with Crippen LogP contribution < -0.4 is 24.8 Å². The smallest absolute Gasteiger partial charge is 1.00 e. The molecule has 1 fully saturated rings. The second-order valence-corrected chi connectivity index (χ2v) is 27.2. The van der Waals surface area contributed by atoms with Crippen molar-refractivity contribution >= 4 is 21.9 Å². The molecule has 0 aromatic heterocycles. The summed E-state index contributed by atoms with van der Waals surface area (Å²) in [6.45, 7) is 18.4. The molecule has 2 aliphatic carbocycles. The van der Waals surface area contributed by atoms with Crippen LogP contribution in [0.2, 0.25) is 52.4 Å². The summed E-state index contributed by atoms with van der Waals surface area (Å²) in [4.78, 5) is 0. The van der Waals surface area contributed by atoms with E-state index in [4.69, 9.17) is 4.65 Å². The van der Waals surface area contributed by atoms with Crippen molar-refractivity contribution in [2.45, 2.75) is 65.2 Å². The average Bonchev–Trinajstić information content (AvgIpc) is 2.71. The van der Waals surface area contributed by atoms with Crippen LogP contribution in [0.3, 0.4) is 0 Å². The fraction of sp³-hybridized carbons (Fsp3) is 0.706. The summed E-state index contributed by atoms with van der Waals surface area (Å²) in [7, 11) is -2.21. The summed E-state index contributed by atoms with van der Waals surface area (Å²) in [6, 6.07) is 0. The van der Waals surface area contributed by atoms with Gasteiger partial charge in [0.15, 0.2) is 0 Å². The van der Waals surface area contributed by atoms with Crippen LogP contribution in [0.1, 0.15) is 12.8 Å². The number of hydrogen-bond acceptors (Lipinski definition) is 0. The first kappa shape index (κ1) is 30.3. The van der Waals surface area contributed by atoms with Crippen LogP contribution in [0.15, 0.2) is 24.3 Å². The normalized spacial score (nSPS) is 21.1. The summed E-state index contributed by atoms with van der Waals surface area (Å²) < 4.78 is 4.82. The third kappa shape index (κ3) is 19.9. The summed E-state index contributed by atoms with van der Waals surface area (Å²) >= 11 is 1.74. The van der Waals surface area contributed by atoms with Crippen LogP contribution >= 0.6 is 0 Å². The van der Waals surface area contributed by atoms with Crippen molar-refractivity contribution in [3.8, 4) is 0 Å². The van der Waals surface area contributed by atoms with E-state index in [9.17, 15) is 0 Å². The van der Waals surface area contributed by atoms with Crippen LogP contribution in [0.25, 0.3) is 4.65 Å². The molecule has 0 spiro atoms. The van der Waals surface area contributed by atoms with Gasteiger partial charge in [0.2, 0.25) is 0 Å². The molecular formula is C17H35Cl2NSi3Zr-2. The molecule has 0 N–H and O–H groups in total. The van der Waals surface area contributed by atoms with E-state index < -0.39 is 16.5 Å². The molecule has 0 radical (unpaired) electrons. The van der Waals surface area contributed by atoms with Crippen molar-refractivity contribution in [3.05, 3.63) is 35.4 Å². The van der Waals surface area contributed by atoms with Gasteiger partial charge in [-0.2, -0.15) is 6.42 Å². The summed E-state index contributed by atoms with van der Waals surface area (Å²) in [5, 5.41) is 0. The number of allylic oxidation sites excluding steroid dienone is 4. The maximum atomic E-state index is 4.82. The van der Waals surface area contributed by atoms with E-state index in [-0.39, 0.29) is 30.2 Å². The van der Waals surface area contributed by atoms with E-state index in [1.54, 1.807) is 23.3 Å². The summed E-state index contributed by atoms with van der Waals surface area (Å²) in [5.41, 5.74) is 0.210. The number of halogens is 2. The third-order valence-corrected chi connectivity index (χ3v) is 8.27. The molecule has 0 aromatic rings. The van der Waals surface area contributed by atoms with Gasteiger partial charge in [0.05, 0.1) is 0 Å². The minimum Gasteiger partial charge on any atom is -1.00 e. The molecule has 1 saturated carbocycles. The number of rotatable bonds is 2. The van der Waals surface area contributed by atoms with E-state index in [0.717, 1.165) is 11.8 Å².